The molecule has 2 aliphatic heterocycles. The predicted molar refractivity (Wildman–Crippen MR) is 81.2 cm³/mol. The van der Waals surface area contributed by atoms with Crippen molar-refractivity contribution in [3.05, 3.63) is 29.8 Å². The lowest BCUT2D eigenvalue weighted by Crippen LogP contribution is -2.51. The molecule has 1 unspecified atom stereocenters. The Hall–Kier alpha value is -1.88. The van der Waals surface area contributed by atoms with E-state index in [9.17, 15) is 9.59 Å². The first-order valence-corrected chi connectivity index (χ1v) is 7.62. The lowest BCUT2D eigenvalue weighted by Gasteiger charge is -2.28. The van der Waals surface area contributed by atoms with Crippen LogP contribution in [0, 0.1) is 0 Å². The van der Waals surface area contributed by atoms with Gasteiger partial charge in [-0.3, -0.25) is 9.59 Å². The van der Waals surface area contributed by atoms with Crippen molar-refractivity contribution in [1.82, 2.24) is 10.6 Å². The summed E-state index contributed by atoms with van der Waals surface area (Å²) in [5.41, 5.74) is 2.04. The lowest BCUT2D eigenvalue weighted by molar-refractivity contribution is -0.128. The van der Waals surface area contributed by atoms with Crippen molar-refractivity contribution >= 4 is 17.5 Å². The zero-order valence-corrected chi connectivity index (χ0v) is 12.1. The van der Waals surface area contributed by atoms with Gasteiger partial charge < -0.3 is 15.5 Å². The van der Waals surface area contributed by atoms with E-state index in [-0.39, 0.29) is 24.9 Å². The van der Waals surface area contributed by atoms with E-state index in [0.29, 0.717) is 6.04 Å². The second-order valence-electron chi connectivity index (χ2n) is 5.78. The average molecular weight is 287 g/mol. The van der Waals surface area contributed by atoms with Gasteiger partial charge in [-0.1, -0.05) is 18.6 Å². The van der Waals surface area contributed by atoms with Gasteiger partial charge in [0.1, 0.15) is 6.54 Å². The fraction of sp³-hybridized carbons (Fsp3) is 0.500. The topological polar surface area (TPSA) is 61.4 Å². The van der Waals surface area contributed by atoms with Gasteiger partial charge in [0, 0.05) is 11.7 Å². The molecule has 112 valence electrons. The number of rotatable bonds is 3. The van der Waals surface area contributed by atoms with Crippen LogP contribution in [0.5, 0.6) is 0 Å². The first kappa shape index (κ1) is 14.1. The molecule has 0 bridgehead atoms. The van der Waals surface area contributed by atoms with E-state index in [1.807, 2.05) is 18.2 Å². The van der Waals surface area contributed by atoms with Crippen molar-refractivity contribution in [1.29, 1.82) is 0 Å². The summed E-state index contributed by atoms with van der Waals surface area (Å²) in [6.45, 7) is 1.30. The van der Waals surface area contributed by atoms with E-state index < -0.39 is 0 Å². The molecule has 2 amide bonds. The second-order valence-corrected chi connectivity index (χ2v) is 5.78. The molecule has 5 heteroatoms. The molecule has 3 rings (SSSR count). The average Bonchev–Trinajstić information content (AvgIpc) is 2.51. The van der Waals surface area contributed by atoms with Crippen LogP contribution in [0.4, 0.5) is 5.69 Å². The summed E-state index contributed by atoms with van der Waals surface area (Å²) in [7, 11) is 0. The molecule has 0 aliphatic carbocycles. The summed E-state index contributed by atoms with van der Waals surface area (Å²) in [5, 5.41) is 6.11. The standard InChI is InChI=1S/C16H21N3O2/c20-15-11-19(16(21)10-18-15)14-6-3-4-12(9-14)8-13-5-1-2-7-17-13/h3-4,6,9,13,17H,1-2,5,7-8,10-11H2,(H,18,20). The molecular formula is C16H21N3O2. The van der Waals surface area contributed by atoms with Crippen LogP contribution in [0.3, 0.4) is 0 Å². The SMILES string of the molecule is O=C1CN(c2cccc(CC3CCCCN3)c2)C(=O)CN1. The minimum absolute atomic E-state index is 0.0532. The molecule has 2 fully saturated rings. The van der Waals surface area contributed by atoms with Gasteiger partial charge in [0.15, 0.2) is 0 Å². The zero-order chi connectivity index (χ0) is 14.7. The van der Waals surface area contributed by atoms with E-state index >= 15 is 0 Å². The number of nitrogens with one attached hydrogen (secondary N) is 2. The minimum atomic E-state index is -0.103. The van der Waals surface area contributed by atoms with Gasteiger partial charge in [0.2, 0.25) is 11.8 Å². The number of amides is 2. The van der Waals surface area contributed by atoms with E-state index in [1.54, 1.807) is 4.90 Å². The Morgan fingerprint density at radius 3 is 2.95 bits per heavy atom. The Balaban J connectivity index is 1.72. The molecule has 0 aromatic heterocycles. The van der Waals surface area contributed by atoms with Crippen LogP contribution in [-0.2, 0) is 16.0 Å². The van der Waals surface area contributed by atoms with Crippen molar-refractivity contribution in [3.63, 3.8) is 0 Å². The minimum Gasteiger partial charge on any atom is -0.345 e. The maximum atomic E-state index is 11.9. The Bertz CT molecular complexity index is 538. The van der Waals surface area contributed by atoms with Crippen LogP contribution >= 0.6 is 0 Å². The molecule has 2 aliphatic rings. The van der Waals surface area contributed by atoms with Crippen molar-refractivity contribution in [2.24, 2.45) is 0 Å². The van der Waals surface area contributed by atoms with Crippen molar-refractivity contribution in [3.8, 4) is 0 Å². The Morgan fingerprint density at radius 2 is 2.14 bits per heavy atom. The summed E-state index contributed by atoms with van der Waals surface area (Å²) >= 11 is 0. The summed E-state index contributed by atoms with van der Waals surface area (Å²) in [4.78, 5) is 25.0. The number of carbonyl (C=O) groups is 2. The first-order valence-electron chi connectivity index (χ1n) is 7.62. The van der Waals surface area contributed by atoms with Gasteiger partial charge in [0.25, 0.3) is 0 Å². The summed E-state index contributed by atoms with van der Waals surface area (Å²) in [6.07, 6.45) is 4.72. The fourth-order valence-electron chi connectivity index (χ4n) is 3.03. The van der Waals surface area contributed by atoms with Gasteiger partial charge in [-0.05, 0) is 43.5 Å². The van der Waals surface area contributed by atoms with Gasteiger partial charge in [0.05, 0.1) is 6.54 Å². The molecule has 21 heavy (non-hydrogen) atoms. The highest BCUT2D eigenvalue weighted by molar-refractivity contribution is 6.04. The maximum Gasteiger partial charge on any atom is 0.246 e. The maximum absolute atomic E-state index is 11.9. The molecule has 1 aromatic carbocycles. The highest BCUT2D eigenvalue weighted by Crippen LogP contribution is 2.20. The largest absolute Gasteiger partial charge is 0.345 e. The number of nitrogens with zero attached hydrogens (tertiary/aromatic N) is 1. The fourth-order valence-corrected chi connectivity index (χ4v) is 3.03. The molecule has 0 saturated carbocycles. The molecule has 2 N–H and O–H groups in total. The quantitative estimate of drug-likeness (QED) is 0.866. The van der Waals surface area contributed by atoms with Crippen LogP contribution in [0.15, 0.2) is 24.3 Å². The molecule has 2 heterocycles. The molecule has 1 atom stereocenters. The van der Waals surface area contributed by atoms with Crippen molar-refractivity contribution < 1.29 is 9.59 Å². The first-order chi connectivity index (χ1) is 10.2. The number of benzene rings is 1. The Kier molecular flexibility index (Phi) is 4.20. The van der Waals surface area contributed by atoms with Gasteiger partial charge >= 0.3 is 0 Å². The molecule has 2 saturated heterocycles. The summed E-state index contributed by atoms with van der Waals surface area (Å²) < 4.78 is 0. The third-order valence-corrected chi connectivity index (χ3v) is 4.16. The molecular weight excluding hydrogens is 266 g/mol. The third-order valence-electron chi connectivity index (χ3n) is 4.16. The number of anilines is 1. The van der Waals surface area contributed by atoms with E-state index in [0.717, 1.165) is 18.7 Å². The number of piperidine rings is 1. The monoisotopic (exact) mass is 287 g/mol. The molecule has 1 aromatic rings. The van der Waals surface area contributed by atoms with Crippen LogP contribution in [0.25, 0.3) is 0 Å². The smallest absolute Gasteiger partial charge is 0.246 e. The normalized spacial score (nSPS) is 23.0. The highest BCUT2D eigenvalue weighted by Gasteiger charge is 2.24. The van der Waals surface area contributed by atoms with Gasteiger partial charge in [-0.25, -0.2) is 0 Å². The second kappa shape index (κ2) is 6.26. The van der Waals surface area contributed by atoms with Crippen LogP contribution in [-0.4, -0.2) is 37.5 Å². The van der Waals surface area contributed by atoms with Crippen LogP contribution in [0.2, 0.25) is 0 Å². The molecule has 0 radical (unpaired) electrons. The number of piperazine rings is 1. The van der Waals surface area contributed by atoms with Gasteiger partial charge in [-0.2, -0.15) is 0 Å². The van der Waals surface area contributed by atoms with E-state index in [2.05, 4.69) is 16.7 Å². The third kappa shape index (κ3) is 3.42. The number of hydrogen-bond donors (Lipinski definition) is 2. The van der Waals surface area contributed by atoms with E-state index in [1.165, 1.54) is 24.8 Å². The lowest BCUT2D eigenvalue weighted by atomic mass is 9.97. The number of hydrogen-bond acceptors (Lipinski definition) is 3. The van der Waals surface area contributed by atoms with Crippen molar-refractivity contribution in [2.75, 3.05) is 24.5 Å². The summed E-state index contributed by atoms with van der Waals surface area (Å²) in [6, 6.07) is 8.51. The molecule has 0 spiro atoms. The predicted octanol–water partition coefficient (Wildman–Crippen LogP) is 0.834. The highest BCUT2D eigenvalue weighted by atomic mass is 16.2. The van der Waals surface area contributed by atoms with Crippen LogP contribution in [0.1, 0.15) is 24.8 Å². The van der Waals surface area contributed by atoms with E-state index in [4.69, 9.17) is 0 Å². The summed E-state index contributed by atoms with van der Waals surface area (Å²) in [5.74, 6) is -0.156. The Labute approximate surface area is 124 Å². The van der Waals surface area contributed by atoms with Crippen molar-refractivity contribution in [2.45, 2.75) is 31.7 Å². The van der Waals surface area contributed by atoms with Gasteiger partial charge in [-0.15, -0.1) is 0 Å². The zero-order valence-electron chi connectivity index (χ0n) is 12.1. The number of carbonyl (C=O) groups excluding carboxylic acids is 2. The Morgan fingerprint density at radius 1 is 1.24 bits per heavy atom. The molecule has 5 nitrogen and oxygen atoms in total. The van der Waals surface area contributed by atoms with Crippen LogP contribution < -0.4 is 15.5 Å².